The summed E-state index contributed by atoms with van der Waals surface area (Å²) in [5, 5.41) is 3.45. The van der Waals surface area contributed by atoms with Crippen LogP contribution in [0.3, 0.4) is 0 Å². The summed E-state index contributed by atoms with van der Waals surface area (Å²) in [5.74, 6) is 0. The van der Waals surface area contributed by atoms with Crippen LogP contribution in [0.2, 0.25) is 0 Å². The summed E-state index contributed by atoms with van der Waals surface area (Å²) in [6.45, 7) is 5.29. The molecule has 94 valence electrons. The number of hydrogen-bond donors (Lipinski definition) is 1. The molecule has 1 saturated carbocycles. The predicted octanol–water partition coefficient (Wildman–Crippen LogP) is 2.64. The molecule has 1 aliphatic heterocycles. The van der Waals surface area contributed by atoms with Crippen molar-refractivity contribution in [1.29, 1.82) is 0 Å². The highest BCUT2D eigenvalue weighted by molar-refractivity contribution is 4.87. The molecule has 1 aliphatic carbocycles. The van der Waals surface area contributed by atoms with Crippen molar-refractivity contribution >= 4 is 0 Å². The maximum Gasteiger partial charge on any atom is 0.00501 e. The average Bonchev–Trinajstić information content (AvgIpc) is 2.66. The molecule has 0 amide bonds. The van der Waals surface area contributed by atoms with E-state index in [9.17, 15) is 0 Å². The monoisotopic (exact) mass is 224 g/mol. The summed E-state index contributed by atoms with van der Waals surface area (Å²) in [7, 11) is 2.12. The molecule has 0 radical (unpaired) electrons. The number of likely N-dealkylation sites (tertiary alicyclic amines) is 1. The summed E-state index contributed by atoms with van der Waals surface area (Å²) < 4.78 is 0. The zero-order chi connectivity index (χ0) is 11.3. The smallest absolute Gasteiger partial charge is 0.00501 e. The second kappa shape index (κ2) is 6.02. The van der Waals surface area contributed by atoms with E-state index in [0.717, 1.165) is 0 Å². The van der Waals surface area contributed by atoms with Gasteiger partial charge in [-0.1, -0.05) is 25.7 Å². The first-order chi connectivity index (χ1) is 7.85. The van der Waals surface area contributed by atoms with Crippen molar-refractivity contribution in [3.05, 3.63) is 0 Å². The van der Waals surface area contributed by atoms with Crippen molar-refractivity contribution in [2.45, 2.75) is 51.4 Å². The Morgan fingerprint density at radius 1 is 0.938 bits per heavy atom. The van der Waals surface area contributed by atoms with E-state index >= 15 is 0 Å². The molecule has 2 aliphatic rings. The van der Waals surface area contributed by atoms with Crippen molar-refractivity contribution in [2.75, 3.05) is 33.2 Å². The van der Waals surface area contributed by atoms with Gasteiger partial charge in [-0.25, -0.2) is 0 Å². The molecule has 1 heterocycles. The first kappa shape index (κ1) is 12.4. The molecule has 0 bridgehead atoms. The number of nitrogens with zero attached hydrogens (tertiary/aromatic N) is 1. The minimum Gasteiger partial charge on any atom is -0.319 e. The Morgan fingerprint density at radius 2 is 1.56 bits per heavy atom. The van der Waals surface area contributed by atoms with Crippen LogP contribution in [0, 0.1) is 5.41 Å². The van der Waals surface area contributed by atoms with E-state index in [-0.39, 0.29) is 0 Å². The molecule has 0 aromatic heterocycles. The fraction of sp³-hybridized carbons (Fsp3) is 1.00. The molecule has 1 N–H and O–H groups in total. The molecule has 0 unspecified atom stereocenters. The highest BCUT2D eigenvalue weighted by Crippen LogP contribution is 2.36. The van der Waals surface area contributed by atoms with Gasteiger partial charge in [-0.2, -0.15) is 0 Å². The summed E-state index contributed by atoms with van der Waals surface area (Å²) in [5.41, 5.74) is 0.593. The Morgan fingerprint density at radius 3 is 2.12 bits per heavy atom. The topological polar surface area (TPSA) is 15.3 Å². The van der Waals surface area contributed by atoms with E-state index < -0.39 is 0 Å². The summed E-state index contributed by atoms with van der Waals surface area (Å²) in [6, 6.07) is 0. The SMILES string of the molecule is CNCC1(CN2CCCC2)CCCCCC1. The van der Waals surface area contributed by atoms with Gasteiger partial charge in [0.05, 0.1) is 0 Å². The van der Waals surface area contributed by atoms with Crippen molar-refractivity contribution in [3.8, 4) is 0 Å². The molecule has 2 rings (SSSR count). The van der Waals surface area contributed by atoms with E-state index in [2.05, 4.69) is 17.3 Å². The van der Waals surface area contributed by atoms with Gasteiger partial charge >= 0.3 is 0 Å². The van der Waals surface area contributed by atoms with Gasteiger partial charge < -0.3 is 10.2 Å². The molecule has 0 aromatic carbocycles. The minimum absolute atomic E-state index is 0.593. The van der Waals surface area contributed by atoms with Crippen LogP contribution in [0.15, 0.2) is 0 Å². The quantitative estimate of drug-likeness (QED) is 0.739. The van der Waals surface area contributed by atoms with Gasteiger partial charge in [0.25, 0.3) is 0 Å². The highest BCUT2D eigenvalue weighted by atomic mass is 15.1. The lowest BCUT2D eigenvalue weighted by Gasteiger charge is -2.36. The van der Waals surface area contributed by atoms with Gasteiger partial charge in [0.2, 0.25) is 0 Å². The van der Waals surface area contributed by atoms with Gasteiger partial charge in [0.15, 0.2) is 0 Å². The zero-order valence-corrected chi connectivity index (χ0v) is 10.9. The van der Waals surface area contributed by atoms with Crippen molar-refractivity contribution in [3.63, 3.8) is 0 Å². The van der Waals surface area contributed by atoms with Crippen molar-refractivity contribution < 1.29 is 0 Å². The number of hydrogen-bond acceptors (Lipinski definition) is 2. The van der Waals surface area contributed by atoms with E-state index in [1.807, 2.05) is 0 Å². The van der Waals surface area contributed by atoms with E-state index in [1.165, 1.54) is 77.5 Å². The minimum atomic E-state index is 0.593. The molecule has 1 saturated heterocycles. The van der Waals surface area contributed by atoms with Crippen molar-refractivity contribution in [2.24, 2.45) is 5.41 Å². The molecular weight excluding hydrogens is 196 g/mol. The predicted molar refractivity (Wildman–Crippen MR) is 69.7 cm³/mol. The standard InChI is InChI=1S/C14H28N2/c1-15-12-14(8-4-2-3-5-9-14)13-16-10-6-7-11-16/h15H,2-13H2,1H3. The summed E-state index contributed by atoms with van der Waals surface area (Å²) >= 11 is 0. The Hall–Kier alpha value is -0.0800. The molecule has 2 heteroatoms. The Kier molecular flexibility index (Phi) is 4.66. The third-order valence-electron chi connectivity index (χ3n) is 4.47. The molecule has 2 fully saturated rings. The number of nitrogens with one attached hydrogen (secondary N) is 1. The normalized spacial score (nSPS) is 26.8. The largest absolute Gasteiger partial charge is 0.319 e. The Labute approximate surface area is 101 Å². The maximum absolute atomic E-state index is 3.45. The van der Waals surface area contributed by atoms with E-state index in [0.29, 0.717) is 5.41 Å². The summed E-state index contributed by atoms with van der Waals surface area (Å²) in [6.07, 6.45) is 11.6. The first-order valence-electron chi connectivity index (χ1n) is 7.22. The number of rotatable bonds is 4. The molecular formula is C14H28N2. The lowest BCUT2D eigenvalue weighted by molar-refractivity contribution is 0.148. The fourth-order valence-corrected chi connectivity index (χ4v) is 3.66. The third-order valence-corrected chi connectivity index (χ3v) is 4.47. The highest BCUT2D eigenvalue weighted by Gasteiger charge is 2.32. The van der Waals surface area contributed by atoms with Crippen LogP contribution in [0.25, 0.3) is 0 Å². The average molecular weight is 224 g/mol. The van der Waals surface area contributed by atoms with Crippen LogP contribution in [0.5, 0.6) is 0 Å². The maximum atomic E-state index is 3.45. The van der Waals surface area contributed by atoms with Crippen LogP contribution in [0.4, 0.5) is 0 Å². The van der Waals surface area contributed by atoms with Gasteiger partial charge in [-0.05, 0) is 51.2 Å². The van der Waals surface area contributed by atoms with Crippen LogP contribution in [0.1, 0.15) is 51.4 Å². The van der Waals surface area contributed by atoms with Gasteiger partial charge in [-0.3, -0.25) is 0 Å². The van der Waals surface area contributed by atoms with Crippen LogP contribution in [-0.4, -0.2) is 38.1 Å². The van der Waals surface area contributed by atoms with Gasteiger partial charge in [0.1, 0.15) is 0 Å². The van der Waals surface area contributed by atoms with Crippen molar-refractivity contribution in [1.82, 2.24) is 10.2 Å². The molecule has 0 aromatic rings. The van der Waals surface area contributed by atoms with Gasteiger partial charge in [0, 0.05) is 13.1 Å². The lowest BCUT2D eigenvalue weighted by atomic mass is 9.79. The fourth-order valence-electron chi connectivity index (χ4n) is 3.66. The Bertz CT molecular complexity index is 189. The zero-order valence-electron chi connectivity index (χ0n) is 10.9. The van der Waals surface area contributed by atoms with Crippen LogP contribution >= 0.6 is 0 Å². The molecule has 0 spiro atoms. The Balaban J connectivity index is 1.94. The first-order valence-corrected chi connectivity index (χ1v) is 7.22. The van der Waals surface area contributed by atoms with E-state index in [4.69, 9.17) is 0 Å². The lowest BCUT2D eigenvalue weighted by Crippen LogP contribution is -2.42. The van der Waals surface area contributed by atoms with Crippen LogP contribution < -0.4 is 5.32 Å². The van der Waals surface area contributed by atoms with Gasteiger partial charge in [-0.15, -0.1) is 0 Å². The van der Waals surface area contributed by atoms with E-state index in [1.54, 1.807) is 0 Å². The molecule has 16 heavy (non-hydrogen) atoms. The molecule has 2 nitrogen and oxygen atoms in total. The second-order valence-electron chi connectivity index (χ2n) is 5.93. The van der Waals surface area contributed by atoms with Crippen LogP contribution in [-0.2, 0) is 0 Å². The third kappa shape index (κ3) is 3.21. The summed E-state index contributed by atoms with van der Waals surface area (Å²) in [4.78, 5) is 2.71. The second-order valence-corrected chi connectivity index (χ2v) is 5.93. The molecule has 0 atom stereocenters.